The number of rotatable bonds is 7. The largest absolute Gasteiger partial charge is 0.465 e. The minimum absolute atomic E-state index is 0.0889. The second-order valence-corrected chi connectivity index (χ2v) is 8.78. The molecule has 168 valence electrons. The molecule has 2 heterocycles. The average molecular weight is 463 g/mol. The highest BCUT2D eigenvalue weighted by atomic mass is 32.1. The Bertz CT molecular complexity index is 1210. The van der Waals surface area contributed by atoms with Crippen LogP contribution in [0, 0.1) is 6.92 Å². The zero-order chi connectivity index (χ0) is 23.5. The lowest BCUT2D eigenvalue weighted by atomic mass is 10.0. The first kappa shape index (κ1) is 22.4. The monoisotopic (exact) mass is 462 g/mol. The summed E-state index contributed by atoms with van der Waals surface area (Å²) in [4.78, 5) is 52.1. The molecular formula is C25H22N2O5S. The number of esters is 1. The fourth-order valence-electron chi connectivity index (χ4n) is 3.91. The number of hydrogen-bond donors (Lipinski definition) is 1. The molecule has 0 radical (unpaired) electrons. The van der Waals surface area contributed by atoms with Gasteiger partial charge in [0.25, 0.3) is 11.8 Å². The smallest absolute Gasteiger partial charge is 0.341 e. The first-order valence-corrected chi connectivity index (χ1v) is 11.3. The third kappa shape index (κ3) is 4.29. The van der Waals surface area contributed by atoms with Crippen molar-refractivity contribution in [2.75, 3.05) is 19.0 Å². The molecule has 0 bridgehead atoms. The molecule has 0 unspecified atom stereocenters. The molecule has 0 saturated heterocycles. The third-order valence-electron chi connectivity index (χ3n) is 5.45. The third-order valence-corrected chi connectivity index (χ3v) is 6.47. The van der Waals surface area contributed by atoms with E-state index >= 15 is 0 Å². The normalized spacial score (nSPS) is 12.6. The molecule has 7 nitrogen and oxygen atoms in total. The highest BCUT2D eigenvalue weighted by Crippen LogP contribution is 2.40. The van der Waals surface area contributed by atoms with E-state index < -0.39 is 5.97 Å². The van der Waals surface area contributed by atoms with Crippen molar-refractivity contribution in [2.24, 2.45) is 0 Å². The second kappa shape index (κ2) is 9.38. The van der Waals surface area contributed by atoms with E-state index in [1.54, 1.807) is 24.3 Å². The number of anilines is 1. The zero-order valence-electron chi connectivity index (χ0n) is 18.2. The molecule has 0 spiro atoms. The van der Waals surface area contributed by atoms with Gasteiger partial charge in [0, 0.05) is 23.4 Å². The number of amides is 3. The van der Waals surface area contributed by atoms with E-state index in [4.69, 9.17) is 4.74 Å². The van der Waals surface area contributed by atoms with Crippen molar-refractivity contribution in [1.82, 2.24) is 4.90 Å². The van der Waals surface area contributed by atoms with E-state index in [-0.39, 0.29) is 30.7 Å². The van der Waals surface area contributed by atoms with Gasteiger partial charge in [-0.15, -0.1) is 11.3 Å². The molecule has 0 aliphatic carbocycles. The molecule has 0 fully saturated rings. The minimum atomic E-state index is -0.528. The van der Waals surface area contributed by atoms with E-state index in [2.05, 4.69) is 5.32 Å². The predicted octanol–water partition coefficient (Wildman–Crippen LogP) is 4.53. The Morgan fingerprint density at radius 2 is 1.58 bits per heavy atom. The quantitative estimate of drug-likeness (QED) is 0.412. The van der Waals surface area contributed by atoms with Gasteiger partial charge in [-0.05, 0) is 31.0 Å². The van der Waals surface area contributed by atoms with Crippen LogP contribution in [0.3, 0.4) is 0 Å². The maximum absolute atomic E-state index is 12.6. The molecule has 3 aromatic rings. The van der Waals surface area contributed by atoms with Gasteiger partial charge in [-0.2, -0.15) is 0 Å². The van der Waals surface area contributed by atoms with E-state index in [0.29, 0.717) is 28.1 Å². The lowest BCUT2D eigenvalue weighted by Crippen LogP contribution is -2.31. The first-order valence-electron chi connectivity index (χ1n) is 10.4. The molecule has 0 saturated carbocycles. The number of carbonyl (C=O) groups excluding carboxylic acids is 4. The van der Waals surface area contributed by atoms with Gasteiger partial charge >= 0.3 is 5.97 Å². The van der Waals surface area contributed by atoms with Crippen molar-refractivity contribution in [3.63, 3.8) is 0 Å². The Morgan fingerprint density at radius 1 is 0.970 bits per heavy atom. The maximum atomic E-state index is 12.6. The summed E-state index contributed by atoms with van der Waals surface area (Å²) >= 11 is 1.31. The Morgan fingerprint density at radius 3 is 2.18 bits per heavy atom. The van der Waals surface area contributed by atoms with Crippen LogP contribution in [0.2, 0.25) is 0 Å². The van der Waals surface area contributed by atoms with Crippen LogP contribution >= 0.6 is 11.3 Å². The van der Waals surface area contributed by atoms with Crippen LogP contribution in [0.5, 0.6) is 0 Å². The van der Waals surface area contributed by atoms with Crippen LogP contribution in [0.25, 0.3) is 11.1 Å². The molecule has 8 heteroatoms. The van der Waals surface area contributed by atoms with Crippen molar-refractivity contribution >= 4 is 40.0 Å². The Balaban J connectivity index is 1.45. The van der Waals surface area contributed by atoms with Crippen molar-refractivity contribution in [2.45, 2.75) is 19.8 Å². The highest BCUT2D eigenvalue weighted by Gasteiger charge is 2.34. The lowest BCUT2D eigenvalue weighted by Gasteiger charge is -2.13. The Labute approximate surface area is 195 Å². The van der Waals surface area contributed by atoms with Crippen LogP contribution in [0.15, 0.2) is 54.6 Å². The number of carbonyl (C=O) groups is 4. The van der Waals surface area contributed by atoms with Gasteiger partial charge in [0.15, 0.2) is 0 Å². The molecule has 2 aromatic carbocycles. The molecule has 1 aromatic heterocycles. The van der Waals surface area contributed by atoms with Gasteiger partial charge in [-0.25, -0.2) is 4.79 Å². The number of methoxy groups -OCH3 is 1. The minimum Gasteiger partial charge on any atom is -0.465 e. The molecule has 3 amide bonds. The Kier molecular flexibility index (Phi) is 6.37. The summed E-state index contributed by atoms with van der Waals surface area (Å²) in [5.74, 6) is -1.52. The van der Waals surface area contributed by atoms with Crippen LogP contribution in [0.1, 0.15) is 48.8 Å². The number of hydrogen-bond acceptors (Lipinski definition) is 6. The summed E-state index contributed by atoms with van der Waals surface area (Å²) in [6.07, 6.45) is 0.395. The van der Waals surface area contributed by atoms with Crippen LogP contribution in [-0.2, 0) is 9.53 Å². The molecule has 1 aliphatic rings. The maximum Gasteiger partial charge on any atom is 0.341 e. The van der Waals surface area contributed by atoms with Crippen LogP contribution in [0.4, 0.5) is 5.00 Å². The average Bonchev–Trinajstić information content (AvgIpc) is 3.27. The summed E-state index contributed by atoms with van der Waals surface area (Å²) in [6.45, 7) is 2.03. The van der Waals surface area contributed by atoms with E-state index in [9.17, 15) is 19.2 Å². The number of ether oxygens (including phenoxy) is 1. The van der Waals surface area contributed by atoms with Gasteiger partial charge in [-0.3, -0.25) is 19.3 Å². The number of nitrogens with one attached hydrogen (secondary N) is 1. The van der Waals surface area contributed by atoms with Gasteiger partial charge in [0.2, 0.25) is 5.91 Å². The summed E-state index contributed by atoms with van der Waals surface area (Å²) in [5, 5.41) is 3.23. The standard InChI is InChI=1S/C25H22N2O5S/c1-15-20(16-9-4-3-5-10-16)21(25(31)32-2)22(33-15)26-19(28)13-8-14-27-23(29)17-11-6-7-12-18(17)24(27)30/h3-7,9-12H,8,13-14H2,1-2H3,(H,26,28). The van der Waals surface area contributed by atoms with Crippen molar-refractivity contribution in [3.05, 3.63) is 76.2 Å². The van der Waals surface area contributed by atoms with Crippen LogP contribution in [-0.4, -0.2) is 42.2 Å². The number of thiophene rings is 1. The molecule has 33 heavy (non-hydrogen) atoms. The summed E-state index contributed by atoms with van der Waals surface area (Å²) in [6, 6.07) is 16.1. The lowest BCUT2D eigenvalue weighted by molar-refractivity contribution is -0.116. The fourth-order valence-corrected chi connectivity index (χ4v) is 4.99. The number of benzene rings is 2. The van der Waals surface area contributed by atoms with Crippen molar-refractivity contribution < 1.29 is 23.9 Å². The number of imide groups is 1. The van der Waals surface area contributed by atoms with E-state index in [1.165, 1.54) is 23.3 Å². The van der Waals surface area contributed by atoms with E-state index in [0.717, 1.165) is 16.0 Å². The molecular weight excluding hydrogens is 440 g/mol. The van der Waals surface area contributed by atoms with Gasteiger partial charge < -0.3 is 10.1 Å². The predicted molar refractivity (Wildman–Crippen MR) is 126 cm³/mol. The summed E-state index contributed by atoms with van der Waals surface area (Å²) < 4.78 is 4.97. The van der Waals surface area contributed by atoms with Gasteiger partial charge in [0.05, 0.1) is 18.2 Å². The number of aryl methyl sites for hydroxylation is 1. The van der Waals surface area contributed by atoms with Gasteiger partial charge in [-0.1, -0.05) is 42.5 Å². The summed E-state index contributed by atoms with van der Waals surface area (Å²) in [7, 11) is 1.30. The number of fused-ring (bicyclic) bond motifs is 1. The molecule has 4 rings (SSSR count). The van der Waals surface area contributed by atoms with E-state index in [1.807, 2.05) is 37.3 Å². The second-order valence-electron chi connectivity index (χ2n) is 7.55. The van der Waals surface area contributed by atoms with Gasteiger partial charge in [0.1, 0.15) is 10.6 Å². The van der Waals surface area contributed by atoms with Crippen molar-refractivity contribution in [1.29, 1.82) is 0 Å². The number of nitrogens with zero attached hydrogens (tertiary/aromatic N) is 1. The van der Waals surface area contributed by atoms with Crippen LogP contribution < -0.4 is 5.32 Å². The molecule has 0 atom stereocenters. The SMILES string of the molecule is COC(=O)c1c(NC(=O)CCCN2C(=O)c3ccccc3C2=O)sc(C)c1-c1ccccc1. The zero-order valence-corrected chi connectivity index (χ0v) is 19.0. The fraction of sp³-hybridized carbons (Fsp3) is 0.200. The Hall–Kier alpha value is -3.78. The molecule has 1 N–H and O–H groups in total. The molecule has 1 aliphatic heterocycles. The summed E-state index contributed by atoms with van der Waals surface area (Å²) in [5.41, 5.74) is 2.68. The first-order chi connectivity index (χ1) is 15.9. The van der Waals surface area contributed by atoms with Crippen molar-refractivity contribution in [3.8, 4) is 11.1 Å². The topological polar surface area (TPSA) is 92.8 Å². The highest BCUT2D eigenvalue weighted by molar-refractivity contribution is 7.17.